The molecule has 0 fully saturated rings. The third-order valence-electron chi connectivity index (χ3n) is 0.297. The number of nitrogens with one attached hydrogen (secondary N) is 1. The van der Waals surface area contributed by atoms with Crippen LogP contribution in [-0.4, -0.2) is 23.6 Å². The molecule has 0 bridgehead atoms. The zero-order valence-corrected chi connectivity index (χ0v) is 4.32. The van der Waals surface area contributed by atoms with E-state index in [4.69, 9.17) is 0 Å². The van der Waals surface area contributed by atoms with Crippen LogP contribution in [0.3, 0.4) is 0 Å². The molecule has 0 saturated carbocycles. The minimum absolute atomic E-state index is 0.494. The van der Waals surface area contributed by atoms with Gasteiger partial charge >= 0.3 is 16.6 Å². The average Bonchev–Trinajstić information content (AvgIpc) is 1.65. The topological polar surface area (TPSA) is 38.3 Å². The molecule has 33 valence electrons. The first-order valence-electron chi connectivity index (χ1n) is 1.36. The van der Waals surface area contributed by atoms with Crippen molar-refractivity contribution >= 4 is 16.6 Å². The molecule has 0 aliphatic carbocycles. The molecule has 0 rings (SSSR count). The van der Waals surface area contributed by atoms with Gasteiger partial charge in [0, 0.05) is 7.05 Å². The Balaban J connectivity index is 2.99. The molecule has 3 nitrogen and oxygen atoms in total. The summed E-state index contributed by atoms with van der Waals surface area (Å²) in [5.41, 5.74) is 0. The van der Waals surface area contributed by atoms with Gasteiger partial charge in [-0.15, -0.1) is 0 Å². The second kappa shape index (κ2) is 2.71. The van der Waals surface area contributed by atoms with Crippen molar-refractivity contribution in [3.63, 3.8) is 0 Å². The molecule has 0 aromatic carbocycles. The second-order valence-corrected chi connectivity index (χ2v) is 0.844. The minimum Gasteiger partial charge on any atom is -0.501 e. The summed E-state index contributed by atoms with van der Waals surface area (Å²) in [6.45, 7) is 0. The molecule has 0 unspecified atom stereocenters. The number of carbonyl (C=O) groups excluding carboxylic acids is 1. The van der Waals surface area contributed by atoms with Gasteiger partial charge in [0.15, 0.2) is 0 Å². The molecule has 0 saturated heterocycles. The molecular formula is C2H4NO2Si. The standard InChI is InChI=1S/C2H4NO2Si/c1-3-2(4)5-6/h1H3,(H,3,4). The number of carbonyl (C=O) groups is 1. The lowest BCUT2D eigenvalue weighted by molar-refractivity contribution is 0.207. The fraction of sp³-hybridized carbons (Fsp3) is 0.500. The fourth-order valence-electron chi connectivity index (χ4n) is 0.0510. The van der Waals surface area contributed by atoms with E-state index in [9.17, 15) is 4.79 Å². The van der Waals surface area contributed by atoms with Crippen LogP contribution >= 0.6 is 0 Å². The van der Waals surface area contributed by atoms with E-state index in [2.05, 4.69) is 20.2 Å². The third-order valence-corrected chi connectivity index (χ3v) is 0.482. The first-order valence-corrected chi connectivity index (χ1v) is 1.77. The SMILES string of the molecule is CNC(=O)O[Si]. The maximum atomic E-state index is 9.80. The number of hydrogen-bond donors (Lipinski definition) is 1. The lowest BCUT2D eigenvalue weighted by atomic mass is 11.1. The zero-order valence-electron chi connectivity index (χ0n) is 3.32. The van der Waals surface area contributed by atoms with E-state index in [1.807, 2.05) is 0 Å². The van der Waals surface area contributed by atoms with Crippen molar-refractivity contribution < 1.29 is 9.22 Å². The van der Waals surface area contributed by atoms with E-state index in [0.29, 0.717) is 0 Å². The summed E-state index contributed by atoms with van der Waals surface area (Å²) < 4.78 is 3.95. The summed E-state index contributed by atoms with van der Waals surface area (Å²) in [7, 11) is 3.98. The van der Waals surface area contributed by atoms with Crippen LogP contribution < -0.4 is 5.32 Å². The van der Waals surface area contributed by atoms with Crippen LogP contribution in [0.5, 0.6) is 0 Å². The summed E-state index contributed by atoms with van der Waals surface area (Å²) in [6.07, 6.45) is -0.494. The Kier molecular flexibility index (Phi) is 2.48. The minimum atomic E-state index is -0.494. The van der Waals surface area contributed by atoms with Crippen LogP contribution in [0.15, 0.2) is 0 Å². The molecule has 0 heterocycles. The van der Waals surface area contributed by atoms with Crippen molar-refractivity contribution in [2.45, 2.75) is 0 Å². The van der Waals surface area contributed by atoms with Crippen LogP contribution in [-0.2, 0) is 4.43 Å². The first kappa shape index (κ1) is 5.49. The first-order chi connectivity index (χ1) is 2.81. The largest absolute Gasteiger partial charge is 0.501 e. The lowest BCUT2D eigenvalue weighted by Gasteiger charge is -1.90. The molecule has 0 aromatic rings. The van der Waals surface area contributed by atoms with Gasteiger partial charge in [-0.1, -0.05) is 0 Å². The quantitative estimate of drug-likeness (QED) is 0.416. The van der Waals surface area contributed by atoms with Crippen molar-refractivity contribution in [2.75, 3.05) is 7.05 Å². The zero-order chi connectivity index (χ0) is 4.99. The van der Waals surface area contributed by atoms with Crippen molar-refractivity contribution in [2.24, 2.45) is 0 Å². The van der Waals surface area contributed by atoms with Gasteiger partial charge < -0.3 is 9.74 Å². The van der Waals surface area contributed by atoms with E-state index in [-0.39, 0.29) is 0 Å². The van der Waals surface area contributed by atoms with Crippen molar-refractivity contribution in [1.82, 2.24) is 5.32 Å². The van der Waals surface area contributed by atoms with Gasteiger partial charge in [-0.3, -0.25) is 0 Å². The van der Waals surface area contributed by atoms with E-state index in [0.717, 1.165) is 0 Å². The van der Waals surface area contributed by atoms with Gasteiger partial charge in [0.1, 0.15) is 0 Å². The van der Waals surface area contributed by atoms with E-state index < -0.39 is 6.09 Å². The summed E-state index contributed by atoms with van der Waals surface area (Å²) in [5.74, 6) is 0. The van der Waals surface area contributed by atoms with Gasteiger partial charge in [-0.05, 0) is 0 Å². The van der Waals surface area contributed by atoms with Crippen molar-refractivity contribution in [3.05, 3.63) is 0 Å². The highest BCUT2D eigenvalue weighted by Crippen LogP contribution is 1.60. The Morgan fingerprint density at radius 3 is 2.50 bits per heavy atom. The Morgan fingerprint density at radius 1 is 2.00 bits per heavy atom. The van der Waals surface area contributed by atoms with Crippen molar-refractivity contribution in [1.29, 1.82) is 0 Å². The van der Waals surface area contributed by atoms with Gasteiger partial charge in [0.05, 0.1) is 0 Å². The summed E-state index contributed by atoms with van der Waals surface area (Å²) in [4.78, 5) is 9.80. The second-order valence-electron chi connectivity index (χ2n) is 0.640. The number of hydrogen-bond acceptors (Lipinski definition) is 2. The Labute approximate surface area is 39.2 Å². The smallest absolute Gasteiger partial charge is 0.393 e. The summed E-state index contributed by atoms with van der Waals surface area (Å²) in [5, 5.41) is 2.20. The van der Waals surface area contributed by atoms with Gasteiger partial charge in [-0.2, -0.15) is 0 Å². The molecule has 0 aromatic heterocycles. The lowest BCUT2D eigenvalue weighted by Crippen LogP contribution is -2.17. The number of rotatable bonds is 0. The highest BCUT2D eigenvalue weighted by molar-refractivity contribution is 6.04. The highest BCUT2D eigenvalue weighted by Gasteiger charge is 1.85. The predicted molar refractivity (Wildman–Crippen MR) is 21.3 cm³/mol. The summed E-state index contributed by atoms with van der Waals surface area (Å²) >= 11 is 0. The highest BCUT2D eigenvalue weighted by atomic mass is 28.2. The van der Waals surface area contributed by atoms with Crippen LogP contribution in [0.2, 0.25) is 0 Å². The van der Waals surface area contributed by atoms with Crippen molar-refractivity contribution in [3.8, 4) is 0 Å². The summed E-state index contributed by atoms with van der Waals surface area (Å²) in [6, 6.07) is 0. The predicted octanol–water partition coefficient (Wildman–Crippen LogP) is -0.574. The molecular weight excluding hydrogens is 98.1 g/mol. The van der Waals surface area contributed by atoms with Gasteiger partial charge in [-0.25, -0.2) is 4.79 Å². The molecule has 0 aliphatic rings. The normalized spacial score (nSPS) is 7.00. The van der Waals surface area contributed by atoms with E-state index in [1.54, 1.807) is 0 Å². The average molecular weight is 102 g/mol. The maximum absolute atomic E-state index is 9.80. The molecule has 1 N–H and O–H groups in total. The molecule has 0 aliphatic heterocycles. The van der Waals surface area contributed by atoms with E-state index >= 15 is 0 Å². The van der Waals surface area contributed by atoms with Crippen LogP contribution in [0.25, 0.3) is 0 Å². The molecule has 0 spiro atoms. The molecule has 0 atom stereocenters. The van der Waals surface area contributed by atoms with Crippen LogP contribution in [0, 0.1) is 0 Å². The van der Waals surface area contributed by atoms with E-state index in [1.165, 1.54) is 7.05 Å². The van der Waals surface area contributed by atoms with Gasteiger partial charge in [0.2, 0.25) is 0 Å². The Morgan fingerprint density at radius 2 is 2.50 bits per heavy atom. The molecule has 6 heavy (non-hydrogen) atoms. The van der Waals surface area contributed by atoms with Crippen LogP contribution in [0.4, 0.5) is 4.79 Å². The maximum Gasteiger partial charge on any atom is 0.393 e. The Bertz CT molecular complexity index is 49.5. The van der Waals surface area contributed by atoms with Crippen LogP contribution in [0.1, 0.15) is 0 Å². The van der Waals surface area contributed by atoms with Gasteiger partial charge in [0.25, 0.3) is 0 Å². The fourth-order valence-corrected chi connectivity index (χ4v) is 0.153. The molecule has 3 radical (unpaired) electrons. The monoisotopic (exact) mass is 102 g/mol. The third kappa shape index (κ3) is 1.77. The Hall–Kier alpha value is -0.513. The molecule has 1 amide bonds. The molecule has 4 heteroatoms. The number of amides is 1.